The van der Waals surface area contributed by atoms with Crippen LogP contribution in [-0.2, 0) is 0 Å². The molecule has 80 valence electrons. The van der Waals surface area contributed by atoms with Gasteiger partial charge in [-0.1, -0.05) is 25.7 Å². The summed E-state index contributed by atoms with van der Waals surface area (Å²) < 4.78 is 0. The van der Waals surface area contributed by atoms with E-state index in [9.17, 15) is 0 Å². The lowest BCUT2D eigenvalue weighted by Gasteiger charge is -2.51. The Bertz CT molecular complexity index is 189. The van der Waals surface area contributed by atoms with Gasteiger partial charge in [-0.05, 0) is 50.6 Å². The molecular weight excluding hydrogens is 170 g/mol. The van der Waals surface area contributed by atoms with Crippen LogP contribution in [0.5, 0.6) is 0 Å². The van der Waals surface area contributed by atoms with E-state index in [0.29, 0.717) is 0 Å². The summed E-state index contributed by atoms with van der Waals surface area (Å²) in [6.45, 7) is 2.82. The number of hydrogen-bond acceptors (Lipinski definition) is 1. The van der Waals surface area contributed by atoms with Crippen molar-refractivity contribution in [3.63, 3.8) is 0 Å². The van der Waals surface area contributed by atoms with Crippen LogP contribution in [-0.4, -0.2) is 24.0 Å². The van der Waals surface area contributed by atoms with Crippen LogP contribution in [0.4, 0.5) is 0 Å². The Kier molecular flexibility index (Phi) is 2.53. The van der Waals surface area contributed by atoms with Gasteiger partial charge in [-0.3, -0.25) is 0 Å². The van der Waals surface area contributed by atoms with Gasteiger partial charge in [0.15, 0.2) is 0 Å². The van der Waals surface area contributed by atoms with E-state index in [4.69, 9.17) is 0 Å². The first-order valence-corrected chi connectivity index (χ1v) is 6.69. The van der Waals surface area contributed by atoms with Gasteiger partial charge in [-0.25, -0.2) is 0 Å². The third-order valence-electron chi connectivity index (χ3n) is 4.90. The molecule has 3 rings (SSSR count). The van der Waals surface area contributed by atoms with Gasteiger partial charge in [-0.15, -0.1) is 0 Å². The average molecular weight is 193 g/mol. The molecule has 2 unspecified atom stereocenters. The fourth-order valence-electron chi connectivity index (χ4n) is 3.63. The highest BCUT2D eigenvalue weighted by molar-refractivity contribution is 4.95. The summed E-state index contributed by atoms with van der Waals surface area (Å²) >= 11 is 0. The van der Waals surface area contributed by atoms with Crippen LogP contribution in [0.1, 0.15) is 51.4 Å². The van der Waals surface area contributed by atoms with Gasteiger partial charge in [0.2, 0.25) is 0 Å². The van der Waals surface area contributed by atoms with Gasteiger partial charge in [0.25, 0.3) is 0 Å². The SMILES string of the molecule is C1CCN(C2CCC2C2CCC2)CC1. The molecule has 2 aliphatic carbocycles. The molecule has 0 N–H and O–H groups in total. The Morgan fingerprint density at radius 2 is 1.50 bits per heavy atom. The summed E-state index contributed by atoms with van der Waals surface area (Å²) in [5, 5.41) is 0. The smallest absolute Gasteiger partial charge is 0.0126 e. The van der Waals surface area contributed by atoms with Gasteiger partial charge in [0, 0.05) is 6.04 Å². The lowest BCUT2D eigenvalue weighted by atomic mass is 9.63. The molecule has 1 saturated heterocycles. The Hall–Kier alpha value is -0.0400. The lowest BCUT2D eigenvalue weighted by molar-refractivity contribution is -0.00744. The monoisotopic (exact) mass is 193 g/mol. The van der Waals surface area contributed by atoms with Crippen LogP contribution in [0, 0.1) is 11.8 Å². The molecular formula is C13H23N. The summed E-state index contributed by atoms with van der Waals surface area (Å²) in [6.07, 6.45) is 12.1. The van der Waals surface area contributed by atoms with Crippen molar-refractivity contribution in [2.75, 3.05) is 13.1 Å². The molecule has 1 aliphatic heterocycles. The van der Waals surface area contributed by atoms with E-state index >= 15 is 0 Å². The minimum atomic E-state index is 1.01. The maximum absolute atomic E-state index is 2.82. The molecule has 0 aromatic rings. The Morgan fingerprint density at radius 3 is 2.00 bits per heavy atom. The third-order valence-corrected chi connectivity index (χ3v) is 4.90. The highest BCUT2D eigenvalue weighted by Crippen LogP contribution is 2.46. The predicted molar refractivity (Wildman–Crippen MR) is 59.3 cm³/mol. The normalized spacial score (nSPS) is 40.3. The average Bonchev–Trinajstić information content (AvgIpc) is 2.11. The first-order chi connectivity index (χ1) is 6.95. The van der Waals surface area contributed by atoms with E-state index in [-0.39, 0.29) is 0 Å². The van der Waals surface area contributed by atoms with Crippen molar-refractivity contribution in [3.05, 3.63) is 0 Å². The molecule has 0 spiro atoms. The molecule has 14 heavy (non-hydrogen) atoms. The molecule has 1 heteroatoms. The summed E-state index contributed by atoms with van der Waals surface area (Å²) in [5.41, 5.74) is 0. The zero-order chi connectivity index (χ0) is 9.38. The molecule has 2 atom stereocenters. The molecule has 2 saturated carbocycles. The molecule has 0 radical (unpaired) electrons. The highest BCUT2D eigenvalue weighted by Gasteiger charge is 2.42. The van der Waals surface area contributed by atoms with Crippen molar-refractivity contribution in [2.45, 2.75) is 57.4 Å². The second-order valence-corrected chi connectivity index (χ2v) is 5.60. The van der Waals surface area contributed by atoms with Crippen molar-refractivity contribution in [2.24, 2.45) is 11.8 Å². The molecule has 3 fully saturated rings. The number of rotatable bonds is 2. The summed E-state index contributed by atoms with van der Waals surface area (Å²) in [5.74, 6) is 2.25. The zero-order valence-corrected chi connectivity index (χ0v) is 9.25. The van der Waals surface area contributed by atoms with Gasteiger partial charge in [0.05, 0.1) is 0 Å². The van der Waals surface area contributed by atoms with Crippen molar-refractivity contribution in [1.29, 1.82) is 0 Å². The van der Waals surface area contributed by atoms with Crippen molar-refractivity contribution < 1.29 is 0 Å². The molecule has 1 nitrogen and oxygen atoms in total. The quantitative estimate of drug-likeness (QED) is 0.651. The minimum absolute atomic E-state index is 1.01. The number of likely N-dealkylation sites (tertiary alicyclic amines) is 1. The molecule has 0 aromatic carbocycles. The number of hydrogen-bond donors (Lipinski definition) is 0. The first kappa shape index (κ1) is 9.21. The maximum Gasteiger partial charge on any atom is 0.0126 e. The van der Waals surface area contributed by atoms with Crippen LogP contribution in [0.25, 0.3) is 0 Å². The maximum atomic E-state index is 2.82. The molecule has 0 amide bonds. The Balaban J connectivity index is 1.55. The summed E-state index contributed by atoms with van der Waals surface area (Å²) in [4.78, 5) is 2.82. The highest BCUT2D eigenvalue weighted by atomic mass is 15.2. The standard InChI is InChI=1S/C13H23N/c1-2-9-14(10-3-1)13-8-7-12(13)11-5-4-6-11/h11-13H,1-10H2. The van der Waals surface area contributed by atoms with Crippen molar-refractivity contribution >= 4 is 0 Å². The van der Waals surface area contributed by atoms with E-state index in [1.807, 2.05) is 0 Å². The molecule has 1 heterocycles. The van der Waals surface area contributed by atoms with Crippen LogP contribution in [0.3, 0.4) is 0 Å². The predicted octanol–water partition coefficient (Wildman–Crippen LogP) is 3.05. The van der Waals surface area contributed by atoms with Gasteiger partial charge >= 0.3 is 0 Å². The number of piperidine rings is 1. The molecule has 0 aromatic heterocycles. The van der Waals surface area contributed by atoms with E-state index in [0.717, 1.165) is 17.9 Å². The summed E-state index contributed by atoms with van der Waals surface area (Å²) in [7, 11) is 0. The Morgan fingerprint density at radius 1 is 0.714 bits per heavy atom. The van der Waals surface area contributed by atoms with Crippen LogP contribution in [0.15, 0.2) is 0 Å². The van der Waals surface area contributed by atoms with Gasteiger partial charge in [0.1, 0.15) is 0 Å². The minimum Gasteiger partial charge on any atom is -0.300 e. The topological polar surface area (TPSA) is 3.24 Å². The molecule has 3 aliphatic rings. The van der Waals surface area contributed by atoms with Crippen LogP contribution in [0.2, 0.25) is 0 Å². The largest absolute Gasteiger partial charge is 0.300 e. The van der Waals surface area contributed by atoms with Crippen molar-refractivity contribution in [3.8, 4) is 0 Å². The Labute approximate surface area is 87.9 Å². The molecule has 0 bridgehead atoms. The van der Waals surface area contributed by atoms with E-state index in [1.54, 1.807) is 19.3 Å². The third kappa shape index (κ3) is 1.50. The second-order valence-electron chi connectivity index (χ2n) is 5.60. The van der Waals surface area contributed by atoms with Crippen LogP contribution >= 0.6 is 0 Å². The van der Waals surface area contributed by atoms with E-state index in [2.05, 4.69) is 4.90 Å². The first-order valence-electron chi connectivity index (χ1n) is 6.69. The van der Waals surface area contributed by atoms with Crippen LogP contribution < -0.4 is 0 Å². The van der Waals surface area contributed by atoms with E-state index < -0.39 is 0 Å². The van der Waals surface area contributed by atoms with Crippen molar-refractivity contribution in [1.82, 2.24) is 4.90 Å². The number of nitrogens with zero attached hydrogens (tertiary/aromatic N) is 1. The zero-order valence-electron chi connectivity index (χ0n) is 9.25. The lowest BCUT2D eigenvalue weighted by Crippen LogP contribution is -2.52. The fraction of sp³-hybridized carbons (Fsp3) is 1.00. The van der Waals surface area contributed by atoms with E-state index in [1.165, 1.54) is 45.2 Å². The van der Waals surface area contributed by atoms with Gasteiger partial charge < -0.3 is 4.90 Å². The van der Waals surface area contributed by atoms with Gasteiger partial charge in [-0.2, -0.15) is 0 Å². The second kappa shape index (κ2) is 3.84. The summed E-state index contributed by atoms with van der Waals surface area (Å²) in [6, 6.07) is 1.01. The fourth-order valence-corrected chi connectivity index (χ4v) is 3.63.